The van der Waals surface area contributed by atoms with E-state index in [-0.39, 0.29) is 12.4 Å². The summed E-state index contributed by atoms with van der Waals surface area (Å²) in [7, 11) is 0. The maximum absolute atomic E-state index is 13.0. The van der Waals surface area contributed by atoms with Crippen molar-refractivity contribution in [3.05, 3.63) is 71.3 Å². The van der Waals surface area contributed by atoms with Crippen molar-refractivity contribution in [2.24, 2.45) is 0 Å². The van der Waals surface area contributed by atoms with E-state index >= 15 is 0 Å². The average Bonchev–Trinajstić information content (AvgIpc) is 2.91. The highest BCUT2D eigenvalue weighted by Crippen LogP contribution is 2.37. The Morgan fingerprint density at radius 3 is 2.29 bits per heavy atom. The smallest absolute Gasteiger partial charge is 0.324 e. The van der Waals surface area contributed by atoms with Gasteiger partial charge in [0.1, 0.15) is 0 Å². The fourth-order valence-corrected chi connectivity index (χ4v) is 2.80. The standard InChI is InChI=1S/C18H16O3/c1-13-7-9-14(10-8-13)16(19)18(11-12-21-17(18)20)15-5-3-2-4-6-15/h2-10H,11-12H2,1H3/t18-/m0/s1. The molecule has 1 fully saturated rings. The van der Waals surface area contributed by atoms with Crippen LogP contribution in [0.5, 0.6) is 0 Å². The molecule has 0 aliphatic carbocycles. The first-order chi connectivity index (χ1) is 10.1. The maximum Gasteiger partial charge on any atom is 0.324 e. The van der Waals surface area contributed by atoms with E-state index in [0.29, 0.717) is 17.5 Å². The van der Waals surface area contributed by atoms with Crippen molar-refractivity contribution in [2.45, 2.75) is 18.8 Å². The molecule has 0 saturated carbocycles. The van der Waals surface area contributed by atoms with Crippen LogP contribution in [0.15, 0.2) is 54.6 Å². The summed E-state index contributed by atoms with van der Waals surface area (Å²) in [5.41, 5.74) is 1.13. The van der Waals surface area contributed by atoms with Crippen LogP contribution in [0.3, 0.4) is 0 Å². The third kappa shape index (κ3) is 2.15. The number of rotatable bonds is 3. The van der Waals surface area contributed by atoms with Gasteiger partial charge in [0.25, 0.3) is 0 Å². The number of carbonyl (C=O) groups is 2. The summed E-state index contributed by atoms with van der Waals surface area (Å²) < 4.78 is 5.13. The molecule has 1 aliphatic rings. The first kappa shape index (κ1) is 13.6. The lowest BCUT2D eigenvalue weighted by Gasteiger charge is -2.23. The van der Waals surface area contributed by atoms with E-state index in [1.807, 2.05) is 49.4 Å². The zero-order valence-corrected chi connectivity index (χ0v) is 11.8. The number of aryl methyl sites for hydroxylation is 1. The van der Waals surface area contributed by atoms with Crippen LogP contribution in [0.2, 0.25) is 0 Å². The number of cyclic esters (lactones) is 1. The van der Waals surface area contributed by atoms with Crippen LogP contribution in [0.1, 0.15) is 27.9 Å². The van der Waals surface area contributed by atoms with Gasteiger partial charge in [-0.05, 0) is 12.5 Å². The Labute approximate surface area is 123 Å². The van der Waals surface area contributed by atoms with E-state index in [1.165, 1.54) is 0 Å². The van der Waals surface area contributed by atoms with E-state index in [1.54, 1.807) is 12.1 Å². The van der Waals surface area contributed by atoms with E-state index in [2.05, 4.69) is 0 Å². The van der Waals surface area contributed by atoms with Crippen molar-refractivity contribution < 1.29 is 14.3 Å². The molecule has 106 valence electrons. The van der Waals surface area contributed by atoms with Crippen LogP contribution in [0.4, 0.5) is 0 Å². The highest BCUT2D eigenvalue weighted by molar-refractivity contribution is 6.18. The molecule has 0 amide bonds. The second-order valence-corrected chi connectivity index (χ2v) is 5.35. The Morgan fingerprint density at radius 1 is 1.05 bits per heavy atom. The summed E-state index contributed by atoms with van der Waals surface area (Å²) in [5.74, 6) is -0.629. The Morgan fingerprint density at radius 2 is 1.71 bits per heavy atom. The molecule has 3 rings (SSSR count). The zero-order valence-electron chi connectivity index (χ0n) is 11.8. The third-order valence-electron chi connectivity index (χ3n) is 4.03. The predicted molar refractivity (Wildman–Crippen MR) is 79.2 cm³/mol. The van der Waals surface area contributed by atoms with Crippen LogP contribution in [0, 0.1) is 6.92 Å². The van der Waals surface area contributed by atoms with Gasteiger partial charge in [-0.2, -0.15) is 0 Å². The van der Waals surface area contributed by atoms with E-state index < -0.39 is 11.4 Å². The van der Waals surface area contributed by atoms with Gasteiger partial charge in [0.2, 0.25) is 0 Å². The predicted octanol–water partition coefficient (Wildman–Crippen LogP) is 3.06. The highest BCUT2D eigenvalue weighted by atomic mass is 16.5. The number of carbonyl (C=O) groups excluding carboxylic acids is 2. The van der Waals surface area contributed by atoms with Crippen molar-refractivity contribution in [2.75, 3.05) is 6.61 Å². The Kier molecular flexibility index (Phi) is 3.34. The minimum Gasteiger partial charge on any atom is -0.465 e. The van der Waals surface area contributed by atoms with Crippen molar-refractivity contribution in [1.82, 2.24) is 0 Å². The van der Waals surface area contributed by atoms with Crippen LogP contribution < -0.4 is 0 Å². The van der Waals surface area contributed by atoms with Crippen LogP contribution >= 0.6 is 0 Å². The fourth-order valence-electron chi connectivity index (χ4n) is 2.80. The molecule has 3 nitrogen and oxygen atoms in total. The average molecular weight is 280 g/mol. The van der Waals surface area contributed by atoms with Crippen LogP contribution in [-0.2, 0) is 14.9 Å². The summed E-state index contributed by atoms with van der Waals surface area (Å²) >= 11 is 0. The number of Topliss-reactive ketones (excluding diaryl/α,β-unsaturated/α-hetero) is 1. The first-order valence-electron chi connectivity index (χ1n) is 6.99. The summed E-state index contributed by atoms with van der Waals surface area (Å²) in [6.07, 6.45) is 0.391. The van der Waals surface area contributed by atoms with Crippen LogP contribution in [-0.4, -0.2) is 18.4 Å². The number of hydrogen-bond acceptors (Lipinski definition) is 3. The van der Waals surface area contributed by atoms with Gasteiger partial charge in [-0.1, -0.05) is 60.2 Å². The molecule has 0 spiro atoms. The molecule has 0 aromatic heterocycles. The van der Waals surface area contributed by atoms with Gasteiger partial charge in [-0.25, -0.2) is 0 Å². The molecule has 0 N–H and O–H groups in total. The third-order valence-corrected chi connectivity index (χ3v) is 4.03. The minimum absolute atomic E-state index is 0.184. The molecule has 1 saturated heterocycles. The van der Waals surface area contributed by atoms with Crippen molar-refractivity contribution in [3.63, 3.8) is 0 Å². The Hall–Kier alpha value is -2.42. The van der Waals surface area contributed by atoms with E-state index in [9.17, 15) is 9.59 Å². The number of esters is 1. The Bertz CT molecular complexity index is 673. The molecule has 1 aliphatic heterocycles. The normalized spacial score (nSPS) is 21.1. The molecular weight excluding hydrogens is 264 g/mol. The van der Waals surface area contributed by atoms with Gasteiger partial charge in [0.05, 0.1) is 6.61 Å². The number of ether oxygens (including phenoxy) is 1. The molecular formula is C18H16O3. The number of hydrogen-bond donors (Lipinski definition) is 0. The molecule has 0 radical (unpaired) electrons. The maximum atomic E-state index is 13.0. The number of benzene rings is 2. The van der Waals surface area contributed by atoms with Crippen molar-refractivity contribution >= 4 is 11.8 Å². The van der Waals surface area contributed by atoms with Gasteiger partial charge in [0, 0.05) is 12.0 Å². The highest BCUT2D eigenvalue weighted by Gasteiger charge is 2.52. The van der Waals surface area contributed by atoms with Gasteiger partial charge < -0.3 is 4.74 Å². The molecule has 1 atom stereocenters. The zero-order chi connectivity index (χ0) is 14.9. The van der Waals surface area contributed by atoms with Crippen LogP contribution in [0.25, 0.3) is 0 Å². The molecule has 21 heavy (non-hydrogen) atoms. The Balaban J connectivity index is 2.11. The molecule has 0 bridgehead atoms. The van der Waals surface area contributed by atoms with Gasteiger partial charge in [0.15, 0.2) is 11.2 Å². The molecule has 1 heterocycles. The lowest BCUT2D eigenvalue weighted by Crippen LogP contribution is -2.40. The van der Waals surface area contributed by atoms with Gasteiger partial charge in [-0.3, -0.25) is 9.59 Å². The summed E-state index contributed by atoms with van der Waals surface area (Å²) in [4.78, 5) is 25.3. The summed E-state index contributed by atoms with van der Waals surface area (Å²) in [6.45, 7) is 2.25. The van der Waals surface area contributed by atoms with Crippen molar-refractivity contribution in [3.8, 4) is 0 Å². The largest absolute Gasteiger partial charge is 0.465 e. The van der Waals surface area contributed by atoms with E-state index in [0.717, 1.165) is 5.56 Å². The van der Waals surface area contributed by atoms with E-state index in [4.69, 9.17) is 4.74 Å². The van der Waals surface area contributed by atoms with Crippen molar-refractivity contribution in [1.29, 1.82) is 0 Å². The topological polar surface area (TPSA) is 43.4 Å². The van der Waals surface area contributed by atoms with Gasteiger partial charge >= 0.3 is 5.97 Å². The first-order valence-corrected chi connectivity index (χ1v) is 6.99. The summed E-state index contributed by atoms with van der Waals surface area (Å²) in [5, 5.41) is 0. The lowest BCUT2D eigenvalue weighted by atomic mass is 9.73. The lowest BCUT2D eigenvalue weighted by molar-refractivity contribution is -0.141. The quantitative estimate of drug-likeness (QED) is 0.493. The summed E-state index contributed by atoms with van der Waals surface area (Å²) in [6, 6.07) is 16.5. The molecule has 2 aromatic rings. The number of ketones is 1. The second kappa shape index (κ2) is 5.17. The monoisotopic (exact) mass is 280 g/mol. The molecule has 3 heteroatoms. The molecule has 0 unspecified atom stereocenters. The fraction of sp³-hybridized carbons (Fsp3) is 0.222. The minimum atomic E-state index is -1.20. The second-order valence-electron chi connectivity index (χ2n) is 5.35. The van der Waals surface area contributed by atoms with Gasteiger partial charge in [-0.15, -0.1) is 0 Å². The SMILES string of the molecule is Cc1ccc(C(=O)[C@@]2(c3ccccc3)CCOC2=O)cc1. The molecule has 2 aromatic carbocycles.